The van der Waals surface area contributed by atoms with E-state index < -0.39 is 0 Å². The highest BCUT2D eigenvalue weighted by molar-refractivity contribution is 5.81. The van der Waals surface area contributed by atoms with Crippen LogP contribution in [0, 0.1) is 6.92 Å². The second-order valence-corrected chi connectivity index (χ2v) is 2.65. The van der Waals surface area contributed by atoms with Crippen molar-refractivity contribution in [3.63, 3.8) is 0 Å². The van der Waals surface area contributed by atoms with Gasteiger partial charge in [-0.3, -0.25) is 4.98 Å². The maximum atomic E-state index is 4.28. The first kappa shape index (κ1) is 18.0. The molecule has 0 amide bonds. The first-order valence-electron chi connectivity index (χ1n) is 6.68. The van der Waals surface area contributed by atoms with Crippen molar-refractivity contribution in [2.75, 3.05) is 0 Å². The molecule has 17 heavy (non-hydrogen) atoms. The smallest absolute Gasteiger partial charge is 0.0731 e. The van der Waals surface area contributed by atoms with Crippen molar-refractivity contribution in [3.05, 3.63) is 42.1 Å². The zero-order valence-electron chi connectivity index (χ0n) is 12.4. The predicted octanol–water partition coefficient (Wildman–Crippen LogP) is 5.62. The number of aryl methyl sites for hydroxylation is 1. The Morgan fingerprint density at radius 3 is 1.82 bits per heavy atom. The average molecular weight is 233 g/mol. The number of benzene rings is 1. The normalized spacial score (nSPS) is 7.71. The Kier molecular flexibility index (Phi) is 13.5. The second-order valence-electron chi connectivity index (χ2n) is 2.65. The van der Waals surface area contributed by atoms with E-state index in [4.69, 9.17) is 0 Å². The van der Waals surface area contributed by atoms with Crippen molar-refractivity contribution >= 4 is 10.9 Å². The number of nitrogens with zero attached hydrogens (tertiary/aromatic N) is 1. The van der Waals surface area contributed by atoms with Crippen molar-refractivity contribution in [1.29, 1.82) is 0 Å². The fraction of sp³-hybridized carbons (Fsp3) is 0.438. The van der Waals surface area contributed by atoms with Crippen LogP contribution in [0.15, 0.2) is 36.5 Å². The minimum atomic E-state index is 1.11. The molecule has 0 saturated heterocycles. The van der Waals surface area contributed by atoms with Crippen LogP contribution in [0.5, 0.6) is 0 Å². The minimum Gasteiger partial charge on any atom is -0.256 e. The van der Waals surface area contributed by atoms with Gasteiger partial charge in [0.15, 0.2) is 0 Å². The van der Waals surface area contributed by atoms with E-state index in [1.807, 2.05) is 53.8 Å². The Hall–Kier alpha value is -1.37. The zero-order valence-corrected chi connectivity index (χ0v) is 12.4. The van der Waals surface area contributed by atoms with Crippen molar-refractivity contribution in [3.8, 4) is 0 Å². The van der Waals surface area contributed by atoms with Gasteiger partial charge in [-0.05, 0) is 18.6 Å². The molecule has 0 fully saturated rings. The lowest BCUT2D eigenvalue weighted by Crippen LogP contribution is -1.80. The van der Waals surface area contributed by atoms with Crippen molar-refractivity contribution in [2.24, 2.45) is 0 Å². The number of fused-ring (bicyclic) bond motifs is 1. The molecule has 1 aromatic heterocycles. The third-order valence-corrected chi connectivity index (χ3v) is 1.83. The first-order valence-corrected chi connectivity index (χ1v) is 6.68. The Bertz CT molecular complexity index is 375. The number of aromatic nitrogens is 1. The molecule has 2 rings (SSSR count). The van der Waals surface area contributed by atoms with E-state index in [1.165, 1.54) is 10.9 Å². The van der Waals surface area contributed by atoms with Crippen LogP contribution in [0.2, 0.25) is 0 Å². The molecule has 0 unspecified atom stereocenters. The number of pyridine rings is 1. The van der Waals surface area contributed by atoms with E-state index in [9.17, 15) is 0 Å². The zero-order chi connectivity index (χ0) is 13.7. The molecule has 0 aliphatic carbocycles. The quantitative estimate of drug-likeness (QED) is 0.575. The van der Waals surface area contributed by atoms with Gasteiger partial charge in [-0.25, -0.2) is 0 Å². The maximum absolute atomic E-state index is 4.28. The lowest BCUT2D eigenvalue weighted by atomic mass is 10.1. The van der Waals surface area contributed by atoms with Crippen LogP contribution in [0.3, 0.4) is 0 Å². The molecule has 0 atom stereocenters. The van der Waals surface area contributed by atoms with Gasteiger partial charge in [-0.2, -0.15) is 0 Å². The van der Waals surface area contributed by atoms with Crippen molar-refractivity contribution in [2.45, 2.75) is 48.5 Å². The fourth-order valence-corrected chi connectivity index (χ4v) is 1.26. The van der Waals surface area contributed by atoms with Crippen LogP contribution >= 0.6 is 0 Å². The summed E-state index contributed by atoms with van der Waals surface area (Å²) in [5.41, 5.74) is 2.35. The van der Waals surface area contributed by atoms with Gasteiger partial charge < -0.3 is 0 Å². The predicted molar refractivity (Wildman–Crippen MR) is 80.5 cm³/mol. The molecule has 0 aliphatic rings. The Balaban J connectivity index is 0. The van der Waals surface area contributed by atoms with Crippen LogP contribution in [-0.4, -0.2) is 4.98 Å². The fourth-order valence-electron chi connectivity index (χ4n) is 1.26. The van der Waals surface area contributed by atoms with E-state index >= 15 is 0 Å². The molecule has 2 aromatic rings. The maximum Gasteiger partial charge on any atom is 0.0731 e. The first-order chi connectivity index (χ1) is 8.38. The third kappa shape index (κ3) is 6.06. The largest absolute Gasteiger partial charge is 0.256 e. The van der Waals surface area contributed by atoms with Gasteiger partial charge in [0, 0.05) is 11.6 Å². The van der Waals surface area contributed by atoms with Gasteiger partial charge in [0.05, 0.1) is 5.52 Å². The molecule has 0 radical (unpaired) electrons. The SMILES string of the molecule is CC.CC.CC.Cc1cccc2cccnc12. The Labute approximate surface area is 107 Å². The van der Waals surface area contributed by atoms with Gasteiger partial charge in [0.25, 0.3) is 0 Å². The second kappa shape index (κ2) is 12.7. The number of para-hydroxylation sites is 1. The summed E-state index contributed by atoms with van der Waals surface area (Å²) in [7, 11) is 0. The summed E-state index contributed by atoms with van der Waals surface area (Å²) in [6.07, 6.45) is 1.83. The molecule has 0 bridgehead atoms. The Morgan fingerprint density at radius 1 is 0.765 bits per heavy atom. The van der Waals surface area contributed by atoms with Gasteiger partial charge in [0.2, 0.25) is 0 Å². The highest BCUT2D eigenvalue weighted by Crippen LogP contribution is 2.13. The summed E-state index contributed by atoms with van der Waals surface area (Å²) >= 11 is 0. The summed E-state index contributed by atoms with van der Waals surface area (Å²) in [5.74, 6) is 0. The molecular weight excluding hydrogens is 206 g/mol. The third-order valence-electron chi connectivity index (χ3n) is 1.83. The highest BCUT2D eigenvalue weighted by Gasteiger charge is 1.93. The molecule has 0 saturated carbocycles. The van der Waals surface area contributed by atoms with E-state index in [-0.39, 0.29) is 0 Å². The summed E-state index contributed by atoms with van der Waals surface area (Å²) < 4.78 is 0. The van der Waals surface area contributed by atoms with Gasteiger partial charge in [0.1, 0.15) is 0 Å². The van der Waals surface area contributed by atoms with Crippen LogP contribution in [0.4, 0.5) is 0 Å². The van der Waals surface area contributed by atoms with E-state index in [1.54, 1.807) is 0 Å². The summed E-state index contributed by atoms with van der Waals surface area (Å²) in [6, 6.07) is 10.3. The van der Waals surface area contributed by atoms with Crippen LogP contribution in [0.25, 0.3) is 10.9 Å². The Morgan fingerprint density at radius 2 is 1.29 bits per heavy atom. The minimum absolute atomic E-state index is 1.11. The summed E-state index contributed by atoms with van der Waals surface area (Å²) in [6.45, 7) is 14.1. The summed E-state index contributed by atoms with van der Waals surface area (Å²) in [5, 5.41) is 1.22. The van der Waals surface area contributed by atoms with Crippen LogP contribution in [0.1, 0.15) is 47.1 Å². The molecular formula is C16H27N. The number of rotatable bonds is 0. The van der Waals surface area contributed by atoms with E-state index in [0.717, 1.165) is 5.52 Å². The van der Waals surface area contributed by atoms with Crippen LogP contribution < -0.4 is 0 Å². The van der Waals surface area contributed by atoms with E-state index in [2.05, 4.69) is 36.2 Å². The lowest BCUT2D eigenvalue weighted by molar-refractivity contribution is 1.37. The monoisotopic (exact) mass is 233 g/mol. The van der Waals surface area contributed by atoms with Crippen molar-refractivity contribution in [1.82, 2.24) is 4.98 Å². The summed E-state index contributed by atoms with van der Waals surface area (Å²) in [4.78, 5) is 4.28. The van der Waals surface area contributed by atoms with Gasteiger partial charge in [-0.1, -0.05) is 65.8 Å². The molecule has 1 heterocycles. The topological polar surface area (TPSA) is 12.9 Å². The molecule has 1 aromatic carbocycles. The van der Waals surface area contributed by atoms with Crippen molar-refractivity contribution < 1.29 is 0 Å². The van der Waals surface area contributed by atoms with Crippen LogP contribution in [-0.2, 0) is 0 Å². The molecule has 96 valence electrons. The molecule has 1 heteroatoms. The average Bonchev–Trinajstić information content (AvgIpc) is 2.46. The highest BCUT2D eigenvalue weighted by atomic mass is 14.6. The molecule has 0 spiro atoms. The standard InChI is InChI=1S/C10H9N.3C2H6/c1-8-4-2-5-9-6-3-7-11-10(8)9;3*1-2/h2-7H,1H3;3*1-2H3. The van der Waals surface area contributed by atoms with Gasteiger partial charge in [-0.15, -0.1) is 0 Å². The lowest BCUT2D eigenvalue weighted by Gasteiger charge is -1.97. The molecule has 0 N–H and O–H groups in total. The molecule has 0 aliphatic heterocycles. The van der Waals surface area contributed by atoms with E-state index in [0.29, 0.717) is 0 Å². The van der Waals surface area contributed by atoms with Gasteiger partial charge >= 0.3 is 0 Å². The number of hydrogen-bond donors (Lipinski definition) is 0. The molecule has 1 nitrogen and oxygen atoms in total. The number of hydrogen-bond acceptors (Lipinski definition) is 1.